The van der Waals surface area contributed by atoms with Crippen molar-refractivity contribution in [3.63, 3.8) is 0 Å². The number of fused-ring (bicyclic) bond motifs is 5. The SMILES string of the molecule is Cc1ccc(NCN2C(=O)C3C4CCC(C4)C3C2=O)cc1Cl. The fraction of sp³-hybridized carbons (Fsp3) is 0.529. The average molecular weight is 319 g/mol. The Labute approximate surface area is 134 Å². The third kappa shape index (κ3) is 1.97. The molecule has 0 aromatic heterocycles. The van der Waals surface area contributed by atoms with E-state index in [0.29, 0.717) is 16.9 Å². The summed E-state index contributed by atoms with van der Waals surface area (Å²) < 4.78 is 0. The van der Waals surface area contributed by atoms with E-state index in [1.165, 1.54) is 4.90 Å². The Hall–Kier alpha value is -1.55. The molecule has 0 spiro atoms. The molecule has 2 saturated carbocycles. The quantitative estimate of drug-likeness (QED) is 0.871. The van der Waals surface area contributed by atoms with Crippen LogP contribution >= 0.6 is 11.6 Å². The number of nitrogens with one attached hydrogen (secondary N) is 1. The molecule has 1 aromatic rings. The van der Waals surface area contributed by atoms with E-state index >= 15 is 0 Å². The van der Waals surface area contributed by atoms with Gasteiger partial charge in [-0.1, -0.05) is 17.7 Å². The summed E-state index contributed by atoms with van der Waals surface area (Å²) in [6, 6.07) is 5.66. The van der Waals surface area contributed by atoms with Crippen LogP contribution in [0.1, 0.15) is 24.8 Å². The lowest BCUT2D eigenvalue weighted by molar-refractivity contribution is -0.140. The molecule has 1 aliphatic heterocycles. The van der Waals surface area contributed by atoms with Crippen LogP contribution in [-0.4, -0.2) is 23.4 Å². The summed E-state index contributed by atoms with van der Waals surface area (Å²) in [5.74, 6) is 0.820. The van der Waals surface area contributed by atoms with Gasteiger partial charge in [0.15, 0.2) is 0 Å². The second-order valence-corrected chi connectivity index (χ2v) is 7.20. The standard InChI is InChI=1S/C17H19ClN2O2/c1-9-2-5-12(7-13(9)18)19-8-20-16(21)14-10-3-4-11(6-10)15(14)17(20)22/h2,5,7,10-11,14-15,19H,3-4,6,8H2,1H3. The molecule has 3 fully saturated rings. The lowest BCUT2D eigenvalue weighted by Gasteiger charge is -2.19. The fourth-order valence-electron chi connectivity index (χ4n) is 4.50. The molecule has 2 aliphatic carbocycles. The zero-order chi connectivity index (χ0) is 15.4. The molecule has 1 heterocycles. The van der Waals surface area contributed by atoms with Gasteiger partial charge < -0.3 is 5.32 Å². The van der Waals surface area contributed by atoms with E-state index in [-0.39, 0.29) is 30.3 Å². The summed E-state index contributed by atoms with van der Waals surface area (Å²) >= 11 is 6.10. The predicted octanol–water partition coefficient (Wildman–Crippen LogP) is 3.05. The van der Waals surface area contributed by atoms with Crippen molar-refractivity contribution in [2.75, 3.05) is 12.0 Å². The van der Waals surface area contributed by atoms with E-state index in [9.17, 15) is 9.59 Å². The van der Waals surface area contributed by atoms with Crippen LogP contribution < -0.4 is 5.32 Å². The Morgan fingerprint density at radius 2 is 1.82 bits per heavy atom. The second-order valence-electron chi connectivity index (χ2n) is 6.79. The zero-order valence-electron chi connectivity index (χ0n) is 12.5. The lowest BCUT2D eigenvalue weighted by atomic mass is 9.81. The summed E-state index contributed by atoms with van der Waals surface area (Å²) in [7, 11) is 0. The lowest BCUT2D eigenvalue weighted by Crippen LogP contribution is -2.36. The Morgan fingerprint density at radius 1 is 1.18 bits per heavy atom. The van der Waals surface area contributed by atoms with E-state index in [1.807, 2.05) is 25.1 Å². The predicted molar refractivity (Wildman–Crippen MR) is 84.3 cm³/mol. The average Bonchev–Trinajstić information content (AvgIpc) is 3.16. The Balaban J connectivity index is 1.48. The third-order valence-electron chi connectivity index (χ3n) is 5.63. The number of nitrogens with zero attached hydrogens (tertiary/aromatic N) is 1. The molecule has 1 N–H and O–H groups in total. The Morgan fingerprint density at radius 3 is 2.41 bits per heavy atom. The molecule has 4 rings (SSSR count). The first-order valence-corrected chi connectivity index (χ1v) is 8.29. The number of carbonyl (C=O) groups excluding carboxylic acids is 2. The van der Waals surface area contributed by atoms with E-state index in [0.717, 1.165) is 30.5 Å². The van der Waals surface area contributed by atoms with Crippen molar-refractivity contribution in [2.24, 2.45) is 23.7 Å². The number of rotatable bonds is 3. The number of halogens is 1. The van der Waals surface area contributed by atoms with Crippen molar-refractivity contribution >= 4 is 29.1 Å². The van der Waals surface area contributed by atoms with Crippen molar-refractivity contribution in [1.82, 2.24) is 4.90 Å². The van der Waals surface area contributed by atoms with Crippen LogP contribution in [0.2, 0.25) is 5.02 Å². The van der Waals surface area contributed by atoms with Crippen molar-refractivity contribution in [3.05, 3.63) is 28.8 Å². The van der Waals surface area contributed by atoms with Gasteiger partial charge in [0.2, 0.25) is 11.8 Å². The summed E-state index contributed by atoms with van der Waals surface area (Å²) in [6.07, 6.45) is 3.29. The number of imide groups is 1. The van der Waals surface area contributed by atoms with Gasteiger partial charge in [0.1, 0.15) is 0 Å². The highest BCUT2D eigenvalue weighted by Crippen LogP contribution is 2.56. The summed E-state index contributed by atoms with van der Waals surface area (Å²) in [6.45, 7) is 2.18. The van der Waals surface area contributed by atoms with Gasteiger partial charge in [0, 0.05) is 10.7 Å². The van der Waals surface area contributed by atoms with E-state index in [4.69, 9.17) is 11.6 Å². The largest absolute Gasteiger partial charge is 0.367 e. The van der Waals surface area contributed by atoms with Crippen molar-refractivity contribution in [1.29, 1.82) is 0 Å². The van der Waals surface area contributed by atoms with Crippen molar-refractivity contribution in [3.8, 4) is 0 Å². The number of amides is 2. The van der Waals surface area contributed by atoms with Gasteiger partial charge in [-0.15, -0.1) is 0 Å². The molecule has 2 bridgehead atoms. The van der Waals surface area contributed by atoms with Gasteiger partial charge in [-0.25, -0.2) is 0 Å². The highest BCUT2D eigenvalue weighted by atomic mass is 35.5. The monoisotopic (exact) mass is 318 g/mol. The van der Waals surface area contributed by atoms with E-state index in [1.54, 1.807) is 0 Å². The topological polar surface area (TPSA) is 49.4 Å². The maximum atomic E-state index is 12.6. The minimum absolute atomic E-state index is 0.0212. The van der Waals surface area contributed by atoms with E-state index < -0.39 is 0 Å². The molecular weight excluding hydrogens is 300 g/mol. The smallest absolute Gasteiger partial charge is 0.234 e. The molecular formula is C17H19ClN2O2. The number of aryl methyl sites for hydroxylation is 1. The Kier molecular flexibility index (Phi) is 3.19. The molecule has 1 aromatic carbocycles. The van der Waals surface area contributed by atoms with Gasteiger partial charge in [-0.3, -0.25) is 14.5 Å². The molecule has 4 nitrogen and oxygen atoms in total. The first-order valence-electron chi connectivity index (χ1n) is 7.91. The summed E-state index contributed by atoms with van der Waals surface area (Å²) in [4.78, 5) is 26.5. The number of hydrogen-bond acceptors (Lipinski definition) is 3. The fourth-order valence-corrected chi connectivity index (χ4v) is 4.68. The minimum atomic E-state index is -0.0466. The molecule has 2 amide bonds. The highest BCUT2D eigenvalue weighted by molar-refractivity contribution is 6.31. The van der Waals surface area contributed by atoms with Crippen LogP contribution in [0.25, 0.3) is 0 Å². The molecule has 0 radical (unpaired) electrons. The number of benzene rings is 1. The first-order chi connectivity index (χ1) is 10.6. The van der Waals surface area contributed by atoms with Crippen LogP contribution in [0.5, 0.6) is 0 Å². The second kappa shape index (κ2) is 4.98. The molecule has 116 valence electrons. The number of anilines is 1. The number of likely N-dealkylation sites (tertiary alicyclic amines) is 1. The van der Waals surface area contributed by atoms with Gasteiger partial charge in [-0.2, -0.15) is 0 Å². The van der Waals surface area contributed by atoms with Crippen LogP contribution in [-0.2, 0) is 9.59 Å². The van der Waals surface area contributed by atoms with Crippen LogP contribution in [0.3, 0.4) is 0 Å². The summed E-state index contributed by atoms with van der Waals surface area (Å²) in [5, 5.41) is 3.83. The molecule has 1 saturated heterocycles. The van der Waals surface area contributed by atoms with Crippen LogP contribution in [0.4, 0.5) is 5.69 Å². The maximum absolute atomic E-state index is 12.6. The normalized spacial score (nSPS) is 32.7. The molecule has 5 heteroatoms. The minimum Gasteiger partial charge on any atom is -0.367 e. The first kappa shape index (κ1) is 14.1. The zero-order valence-corrected chi connectivity index (χ0v) is 13.3. The van der Waals surface area contributed by atoms with E-state index in [2.05, 4.69) is 5.32 Å². The van der Waals surface area contributed by atoms with Gasteiger partial charge in [0.25, 0.3) is 0 Å². The number of hydrogen-bond donors (Lipinski definition) is 1. The highest BCUT2D eigenvalue weighted by Gasteiger charge is 2.60. The van der Waals surface area contributed by atoms with Crippen LogP contribution in [0.15, 0.2) is 18.2 Å². The van der Waals surface area contributed by atoms with Gasteiger partial charge >= 0.3 is 0 Å². The molecule has 4 atom stereocenters. The molecule has 22 heavy (non-hydrogen) atoms. The maximum Gasteiger partial charge on any atom is 0.234 e. The van der Waals surface area contributed by atoms with Crippen LogP contribution in [0, 0.1) is 30.6 Å². The number of carbonyl (C=O) groups is 2. The van der Waals surface area contributed by atoms with Gasteiger partial charge in [-0.05, 0) is 55.7 Å². The van der Waals surface area contributed by atoms with Crippen molar-refractivity contribution in [2.45, 2.75) is 26.2 Å². The molecule has 3 aliphatic rings. The van der Waals surface area contributed by atoms with Crippen molar-refractivity contribution < 1.29 is 9.59 Å². The Bertz CT molecular complexity index is 632. The third-order valence-corrected chi connectivity index (χ3v) is 6.04. The van der Waals surface area contributed by atoms with Gasteiger partial charge in [0.05, 0.1) is 18.5 Å². The molecule has 4 unspecified atom stereocenters. The summed E-state index contributed by atoms with van der Waals surface area (Å²) in [5.41, 5.74) is 1.84.